The number of pyridine rings is 1. The third-order valence-corrected chi connectivity index (χ3v) is 7.18. The summed E-state index contributed by atoms with van der Waals surface area (Å²) in [6.07, 6.45) is 4.85. The fourth-order valence-corrected chi connectivity index (χ4v) is 4.99. The summed E-state index contributed by atoms with van der Waals surface area (Å²) in [5.41, 5.74) is 11.8. The van der Waals surface area contributed by atoms with Gasteiger partial charge in [-0.3, -0.25) is 4.79 Å². The third-order valence-electron chi connectivity index (χ3n) is 7.18. The number of hydrogen-bond acceptors (Lipinski definition) is 5. The molecule has 38 heavy (non-hydrogen) atoms. The van der Waals surface area contributed by atoms with Gasteiger partial charge in [-0.25, -0.2) is 14.5 Å². The molecule has 9 nitrogen and oxygen atoms in total. The minimum absolute atomic E-state index is 0.0926. The van der Waals surface area contributed by atoms with Gasteiger partial charge in [0, 0.05) is 38.4 Å². The number of amides is 3. The maximum atomic E-state index is 13.5. The van der Waals surface area contributed by atoms with Gasteiger partial charge in [0.15, 0.2) is 5.65 Å². The Hall–Kier alpha value is -4.40. The largest absolute Gasteiger partial charge is 0.381 e. The molecule has 1 aliphatic heterocycles. The van der Waals surface area contributed by atoms with E-state index in [1.54, 1.807) is 17.3 Å². The van der Waals surface area contributed by atoms with Crippen molar-refractivity contribution in [3.8, 4) is 11.1 Å². The number of fused-ring (bicyclic) bond motifs is 1. The summed E-state index contributed by atoms with van der Waals surface area (Å²) in [6.45, 7) is 6.28. The Balaban J connectivity index is 1.40. The maximum Gasteiger partial charge on any atom is 0.314 e. The normalized spacial score (nSPS) is 14.0. The van der Waals surface area contributed by atoms with Gasteiger partial charge in [0.05, 0.1) is 22.8 Å². The smallest absolute Gasteiger partial charge is 0.314 e. The van der Waals surface area contributed by atoms with Gasteiger partial charge < -0.3 is 21.3 Å². The average Bonchev–Trinajstić information content (AvgIpc) is 3.36. The van der Waals surface area contributed by atoms with Crippen molar-refractivity contribution in [3.63, 3.8) is 0 Å². The second kappa shape index (κ2) is 10.9. The maximum absolute atomic E-state index is 13.5. The molecule has 196 valence electrons. The Kier molecular flexibility index (Phi) is 7.26. The number of nitrogens with one attached hydrogen (secondary N) is 2. The molecule has 9 heteroatoms. The first-order valence-electron chi connectivity index (χ1n) is 13.0. The molecule has 1 fully saturated rings. The van der Waals surface area contributed by atoms with Crippen LogP contribution < -0.4 is 16.4 Å². The number of piperidine rings is 1. The van der Waals surface area contributed by atoms with Gasteiger partial charge in [-0.15, -0.1) is 0 Å². The van der Waals surface area contributed by atoms with Crippen molar-refractivity contribution in [1.82, 2.24) is 25.0 Å². The zero-order chi connectivity index (χ0) is 26.6. The number of nitrogens with two attached hydrogens (primary N) is 1. The summed E-state index contributed by atoms with van der Waals surface area (Å²) in [7, 11) is 0. The summed E-state index contributed by atoms with van der Waals surface area (Å²) in [6, 6.07) is 16.2. The van der Waals surface area contributed by atoms with Crippen LogP contribution >= 0.6 is 0 Å². The molecule has 0 radical (unpaired) electrons. The molecular formula is C29H33N7O2. The zero-order valence-electron chi connectivity index (χ0n) is 21.8. The van der Waals surface area contributed by atoms with Crippen LogP contribution in [-0.4, -0.2) is 50.7 Å². The van der Waals surface area contributed by atoms with Crippen molar-refractivity contribution in [1.29, 1.82) is 0 Å². The predicted octanol–water partition coefficient (Wildman–Crippen LogP) is 4.31. The van der Waals surface area contributed by atoms with Gasteiger partial charge in [0.1, 0.15) is 0 Å². The lowest BCUT2D eigenvalue weighted by Crippen LogP contribution is -2.44. The summed E-state index contributed by atoms with van der Waals surface area (Å²) in [4.78, 5) is 31.3. The summed E-state index contributed by atoms with van der Waals surface area (Å²) in [5.74, 6) is -0.209. The lowest BCUT2D eigenvalue weighted by atomic mass is 9.98. The number of anilines is 1. The van der Waals surface area contributed by atoms with Crippen molar-refractivity contribution in [3.05, 3.63) is 77.6 Å². The fourth-order valence-electron chi connectivity index (χ4n) is 4.99. The minimum Gasteiger partial charge on any atom is -0.381 e. The monoisotopic (exact) mass is 511 g/mol. The molecule has 4 aromatic rings. The number of aryl methyl sites for hydroxylation is 2. The number of benzene rings is 2. The van der Waals surface area contributed by atoms with E-state index in [4.69, 9.17) is 5.73 Å². The average molecular weight is 512 g/mol. The van der Waals surface area contributed by atoms with Crippen LogP contribution in [-0.2, 0) is 13.1 Å². The van der Waals surface area contributed by atoms with Crippen molar-refractivity contribution in [2.45, 2.75) is 45.8 Å². The van der Waals surface area contributed by atoms with Gasteiger partial charge >= 0.3 is 6.03 Å². The third kappa shape index (κ3) is 5.18. The first-order chi connectivity index (χ1) is 18.4. The number of carbonyl (C=O) groups is 2. The molecule has 0 unspecified atom stereocenters. The lowest BCUT2D eigenvalue weighted by molar-refractivity contribution is 0.0951. The van der Waals surface area contributed by atoms with E-state index in [1.165, 1.54) is 5.56 Å². The molecule has 3 amide bonds. The van der Waals surface area contributed by atoms with Crippen LogP contribution in [0.1, 0.15) is 41.3 Å². The molecule has 0 atom stereocenters. The van der Waals surface area contributed by atoms with Gasteiger partial charge in [-0.1, -0.05) is 54.1 Å². The molecule has 0 aliphatic carbocycles. The highest BCUT2D eigenvalue weighted by atomic mass is 16.2. The molecule has 0 bridgehead atoms. The van der Waals surface area contributed by atoms with Crippen LogP contribution in [0.5, 0.6) is 0 Å². The van der Waals surface area contributed by atoms with Crippen molar-refractivity contribution >= 4 is 28.7 Å². The number of carbonyl (C=O) groups excluding carboxylic acids is 2. The summed E-state index contributed by atoms with van der Waals surface area (Å²) >= 11 is 0. The van der Waals surface area contributed by atoms with Crippen LogP contribution in [0.3, 0.4) is 0 Å². The topological polar surface area (TPSA) is 118 Å². The van der Waals surface area contributed by atoms with Crippen LogP contribution in [0.4, 0.5) is 10.5 Å². The molecule has 2 aromatic heterocycles. The Morgan fingerprint density at radius 3 is 2.50 bits per heavy atom. The van der Waals surface area contributed by atoms with E-state index >= 15 is 0 Å². The van der Waals surface area contributed by atoms with Crippen LogP contribution in [0.2, 0.25) is 0 Å². The number of primary amides is 1. The molecule has 1 saturated heterocycles. The van der Waals surface area contributed by atoms with E-state index in [0.29, 0.717) is 31.7 Å². The minimum atomic E-state index is -0.398. The lowest BCUT2D eigenvalue weighted by Gasteiger charge is -2.32. The van der Waals surface area contributed by atoms with E-state index in [2.05, 4.69) is 58.0 Å². The van der Waals surface area contributed by atoms with E-state index in [-0.39, 0.29) is 11.9 Å². The number of hydrogen-bond donors (Lipinski definition) is 3. The number of aromatic nitrogens is 3. The predicted molar refractivity (Wildman–Crippen MR) is 149 cm³/mol. The van der Waals surface area contributed by atoms with Crippen LogP contribution in [0, 0.1) is 6.92 Å². The highest BCUT2D eigenvalue weighted by Gasteiger charge is 2.25. The molecule has 0 spiro atoms. The summed E-state index contributed by atoms with van der Waals surface area (Å²) < 4.78 is 1.82. The Labute approximate surface area is 222 Å². The van der Waals surface area contributed by atoms with Gasteiger partial charge in [0.25, 0.3) is 5.91 Å². The van der Waals surface area contributed by atoms with Crippen LogP contribution in [0.25, 0.3) is 22.2 Å². The molecule has 0 saturated carbocycles. The zero-order valence-corrected chi connectivity index (χ0v) is 21.8. The molecule has 5 rings (SSSR count). The number of rotatable bonds is 7. The number of likely N-dealkylation sites (tertiary alicyclic amines) is 1. The molecule has 1 aliphatic rings. The van der Waals surface area contributed by atoms with E-state index in [0.717, 1.165) is 46.3 Å². The Bertz CT molecular complexity index is 1450. The number of nitrogens with zero attached hydrogens (tertiary/aromatic N) is 4. The van der Waals surface area contributed by atoms with E-state index in [1.807, 2.05) is 29.8 Å². The Morgan fingerprint density at radius 2 is 1.79 bits per heavy atom. The summed E-state index contributed by atoms with van der Waals surface area (Å²) in [5, 5.41) is 11.9. The molecule has 2 aromatic carbocycles. The standard InChI is InChI=1S/C29H33N7O2/c1-3-36-27-24(18-33-36)26(34-22-12-14-35(15-13-22)29(30)38)25(17-31-27)28(37)32-16-21-6-4-5-7-23(21)20-10-8-19(2)9-11-20/h4-11,17-18,22H,3,12-16H2,1-2H3,(H2,30,38)(H,31,34)(H,32,37). The van der Waals surface area contributed by atoms with Crippen molar-refractivity contribution < 1.29 is 9.59 Å². The first-order valence-corrected chi connectivity index (χ1v) is 13.0. The molecule has 3 heterocycles. The van der Waals surface area contributed by atoms with Gasteiger partial charge in [-0.05, 0) is 43.4 Å². The Morgan fingerprint density at radius 1 is 1.05 bits per heavy atom. The molecule has 4 N–H and O–H groups in total. The quantitative estimate of drug-likeness (QED) is 0.342. The van der Waals surface area contributed by atoms with E-state index in [9.17, 15) is 9.59 Å². The van der Waals surface area contributed by atoms with E-state index < -0.39 is 6.03 Å². The van der Waals surface area contributed by atoms with Crippen molar-refractivity contribution in [2.24, 2.45) is 5.73 Å². The van der Waals surface area contributed by atoms with Gasteiger partial charge in [0.2, 0.25) is 0 Å². The fraction of sp³-hybridized carbons (Fsp3) is 0.310. The molecular weight excluding hydrogens is 478 g/mol. The number of urea groups is 1. The van der Waals surface area contributed by atoms with Crippen molar-refractivity contribution in [2.75, 3.05) is 18.4 Å². The van der Waals surface area contributed by atoms with Gasteiger partial charge in [-0.2, -0.15) is 5.10 Å². The first kappa shape index (κ1) is 25.3. The van der Waals surface area contributed by atoms with Crippen LogP contribution in [0.15, 0.2) is 60.9 Å². The SMILES string of the molecule is CCn1ncc2c(NC3CCN(C(N)=O)CC3)c(C(=O)NCc3ccccc3-c3ccc(C)cc3)cnc21. The highest BCUT2D eigenvalue weighted by molar-refractivity contribution is 6.06. The second-order valence-corrected chi connectivity index (χ2v) is 9.69. The highest BCUT2D eigenvalue weighted by Crippen LogP contribution is 2.29. The second-order valence-electron chi connectivity index (χ2n) is 9.69.